The van der Waals surface area contributed by atoms with Crippen molar-refractivity contribution in [2.24, 2.45) is 5.92 Å². The molecule has 0 aliphatic heterocycles. The number of halogens is 3. The highest BCUT2D eigenvalue weighted by Crippen LogP contribution is 2.27. The Bertz CT molecular complexity index is 377. The smallest absolute Gasteiger partial charge is 0.126 e. The zero-order valence-corrected chi connectivity index (χ0v) is 11.0. The molecule has 0 heterocycles. The molecule has 1 aromatic rings. The average molecular weight is 274 g/mol. The second kappa shape index (κ2) is 6.48. The molecule has 1 aliphatic carbocycles. The molecule has 1 aliphatic rings. The van der Waals surface area contributed by atoms with Gasteiger partial charge in [-0.25, -0.2) is 8.78 Å². The van der Waals surface area contributed by atoms with Gasteiger partial charge in [0, 0.05) is 18.0 Å². The van der Waals surface area contributed by atoms with Crippen LogP contribution in [0.4, 0.5) is 8.78 Å². The lowest BCUT2D eigenvalue weighted by molar-refractivity contribution is 0.346. The van der Waals surface area contributed by atoms with Gasteiger partial charge in [0.05, 0.1) is 0 Å². The van der Waals surface area contributed by atoms with Crippen LogP contribution in [0.3, 0.4) is 0 Å². The lowest BCUT2D eigenvalue weighted by Crippen LogP contribution is -2.27. The summed E-state index contributed by atoms with van der Waals surface area (Å²) < 4.78 is 26.0. The highest BCUT2D eigenvalue weighted by Gasteiger charge is 2.19. The molecule has 18 heavy (non-hydrogen) atoms. The summed E-state index contributed by atoms with van der Waals surface area (Å²) in [5, 5.41) is 3.54. The van der Waals surface area contributed by atoms with E-state index < -0.39 is 11.6 Å². The first kappa shape index (κ1) is 13.8. The summed E-state index contributed by atoms with van der Waals surface area (Å²) in [5.41, 5.74) is 0.644. The van der Waals surface area contributed by atoms with Crippen LogP contribution in [0.15, 0.2) is 18.2 Å². The average Bonchev–Trinajstić information content (AvgIpc) is 2.27. The monoisotopic (exact) mass is 273 g/mol. The lowest BCUT2D eigenvalue weighted by Gasteiger charge is -2.25. The van der Waals surface area contributed by atoms with E-state index in [0.717, 1.165) is 25.5 Å². The van der Waals surface area contributed by atoms with Crippen LogP contribution in [0.2, 0.25) is 0 Å². The summed E-state index contributed by atoms with van der Waals surface area (Å²) >= 11 is 6.12. The van der Waals surface area contributed by atoms with Crippen molar-refractivity contribution in [3.63, 3.8) is 0 Å². The van der Waals surface area contributed by atoms with Gasteiger partial charge < -0.3 is 5.32 Å². The van der Waals surface area contributed by atoms with Crippen LogP contribution >= 0.6 is 11.6 Å². The Hall–Kier alpha value is -0.670. The van der Waals surface area contributed by atoms with E-state index in [2.05, 4.69) is 5.32 Å². The van der Waals surface area contributed by atoms with E-state index in [1.807, 2.05) is 0 Å². The Morgan fingerprint density at radius 3 is 2.56 bits per heavy atom. The molecule has 0 spiro atoms. The van der Waals surface area contributed by atoms with Gasteiger partial charge in [0.2, 0.25) is 0 Å². The van der Waals surface area contributed by atoms with E-state index in [1.165, 1.54) is 25.0 Å². The predicted molar refractivity (Wildman–Crippen MR) is 69.7 cm³/mol. The van der Waals surface area contributed by atoms with Gasteiger partial charge in [-0.2, -0.15) is 0 Å². The zero-order valence-electron chi connectivity index (χ0n) is 10.3. The first-order valence-corrected chi connectivity index (χ1v) is 6.87. The third-order valence-corrected chi connectivity index (χ3v) is 3.80. The van der Waals surface area contributed by atoms with Crippen molar-refractivity contribution in [3.8, 4) is 0 Å². The first-order valence-electron chi connectivity index (χ1n) is 6.43. The molecule has 0 radical (unpaired) electrons. The van der Waals surface area contributed by atoms with Gasteiger partial charge in [0.25, 0.3) is 0 Å². The second-order valence-electron chi connectivity index (χ2n) is 5.04. The fraction of sp³-hybridized carbons (Fsp3) is 0.571. The Morgan fingerprint density at radius 1 is 1.17 bits per heavy atom. The SMILES string of the molecule is Fc1cc(F)cc(CNCC2CCCC(Cl)C2)c1. The van der Waals surface area contributed by atoms with Crippen LogP contribution < -0.4 is 5.32 Å². The fourth-order valence-electron chi connectivity index (χ4n) is 2.54. The van der Waals surface area contributed by atoms with E-state index in [-0.39, 0.29) is 5.38 Å². The number of rotatable bonds is 4. The summed E-state index contributed by atoms with van der Waals surface area (Å²) in [5.74, 6) is -0.463. The maximum atomic E-state index is 13.0. The van der Waals surface area contributed by atoms with Crippen LogP contribution in [0.5, 0.6) is 0 Å². The van der Waals surface area contributed by atoms with Crippen molar-refractivity contribution in [1.29, 1.82) is 0 Å². The van der Waals surface area contributed by atoms with E-state index in [4.69, 9.17) is 11.6 Å². The van der Waals surface area contributed by atoms with Crippen LogP contribution in [0.25, 0.3) is 0 Å². The molecular formula is C14H18ClF2N. The number of alkyl halides is 1. The quantitative estimate of drug-likeness (QED) is 0.822. The summed E-state index contributed by atoms with van der Waals surface area (Å²) in [6.07, 6.45) is 4.50. The zero-order chi connectivity index (χ0) is 13.0. The molecule has 2 unspecified atom stereocenters. The molecule has 2 atom stereocenters. The van der Waals surface area contributed by atoms with E-state index in [9.17, 15) is 8.78 Å². The predicted octanol–water partition coefficient (Wildman–Crippen LogP) is 3.85. The lowest BCUT2D eigenvalue weighted by atomic mass is 9.89. The molecule has 4 heteroatoms. The second-order valence-corrected chi connectivity index (χ2v) is 5.66. The van der Waals surface area contributed by atoms with Gasteiger partial charge in [-0.1, -0.05) is 6.42 Å². The first-order chi connectivity index (χ1) is 8.63. The third-order valence-electron chi connectivity index (χ3n) is 3.40. The maximum Gasteiger partial charge on any atom is 0.126 e. The molecule has 1 nitrogen and oxygen atoms in total. The molecule has 0 aromatic heterocycles. The minimum absolute atomic E-state index is 0.289. The largest absolute Gasteiger partial charge is 0.312 e. The van der Waals surface area contributed by atoms with Crippen molar-refractivity contribution in [1.82, 2.24) is 5.32 Å². The van der Waals surface area contributed by atoms with Crippen molar-refractivity contribution in [2.45, 2.75) is 37.6 Å². The molecule has 1 fully saturated rings. The van der Waals surface area contributed by atoms with Crippen molar-refractivity contribution in [3.05, 3.63) is 35.4 Å². The topological polar surface area (TPSA) is 12.0 Å². The Morgan fingerprint density at radius 2 is 1.89 bits per heavy atom. The van der Waals surface area contributed by atoms with Crippen LogP contribution in [0, 0.1) is 17.6 Å². The van der Waals surface area contributed by atoms with Gasteiger partial charge in [0.15, 0.2) is 0 Å². The molecule has 0 amide bonds. The summed E-state index contributed by atoms with van der Waals surface area (Å²) in [6.45, 7) is 1.36. The molecule has 1 saturated carbocycles. The van der Waals surface area contributed by atoms with Gasteiger partial charge in [-0.3, -0.25) is 0 Å². The molecule has 100 valence electrons. The van der Waals surface area contributed by atoms with Gasteiger partial charge in [-0.15, -0.1) is 11.6 Å². The normalized spacial score (nSPS) is 24.2. The molecular weight excluding hydrogens is 256 g/mol. The minimum atomic E-state index is -0.523. The Balaban J connectivity index is 1.77. The summed E-state index contributed by atoms with van der Waals surface area (Å²) in [4.78, 5) is 0. The van der Waals surface area contributed by atoms with Gasteiger partial charge in [-0.05, 0) is 49.4 Å². The Labute approximate surface area is 112 Å². The van der Waals surface area contributed by atoms with E-state index in [0.29, 0.717) is 18.0 Å². The number of hydrogen-bond acceptors (Lipinski definition) is 1. The minimum Gasteiger partial charge on any atom is -0.312 e. The number of benzene rings is 1. The third kappa shape index (κ3) is 4.21. The summed E-state index contributed by atoms with van der Waals surface area (Å²) in [6, 6.07) is 3.62. The Kier molecular flexibility index (Phi) is 4.95. The van der Waals surface area contributed by atoms with Crippen LogP contribution in [-0.2, 0) is 6.54 Å². The summed E-state index contributed by atoms with van der Waals surface area (Å²) in [7, 11) is 0. The van der Waals surface area contributed by atoms with E-state index in [1.54, 1.807) is 0 Å². The van der Waals surface area contributed by atoms with Crippen LogP contribution in [0.1, 0.15) is 31.2 Å². The fourth-order valence-corrected chi connectivity index (χ4v) is 2.95. The van der Waals surface area contributed by atoms with Crippen LogP contribution in [-0.4, -0.2) is 11.9 Å². The molecule has 2 rings (SSSR count). The van der Waals surface area contributed by atoms with E-state index >= 15 is 0 Å². The molecule has 1 aromatic carbocycles. The number of hydrogen-bond donors (Lipinski definition) is 1. The van der Waals surface area contributed by atoms with Crippen molar-refractivity contribution >= 4 is 11.6 Å². The highest BCUT2D eigenvalue weighted by atomic mass is 35.5. The standard InChI is InChI=1S/C14H18ClF2N/c15-12-3-1-2-10(4-12)8-18-9-11-5-13(16)7-14(17)6-11/h5-7,10,12,18H,1-4,8-9H2. The molecule has 1 N–H and O–H groups in total. The van der Waals surface area contributed by atoms with Gasteiger partial charge in [0.1, 0.15) is 11.6 Å². The molecule has 0 bridgehead atoms. The number of nitrogens with one attached hydrogen (secondary N) is 1. The van der Waals surface area contributed by atoms with Gasteiger partial charge >= 0.3 is 0 Å². The maximum absolute atomic E-state index is 13.0. The highest BCUT2D eigenvalue weighted by molar-refractivity contribution is 6.20. The van der Waals surface area contributed by atoms with Crippen molar-refractivity contribution in [2.75, 3.05) is 6.54 Å². The molecule has 0 saturated heterocycles. The van der Waals surface area contributed by atoms with Crippen molar-refractivity contribution < 1.29 is 8.78 Å².